The summed E-state index contributed by atoms with van der Waals surface area (Å²) in [5.41, 5.74) is 3.65. The number of carbonyl (C=O) groups excluding carboxylic acids is 4. The molecule has 0 aromatic heterocycles. The van der Waals surface area contributed by atoms with E-state index in [-0.39, 0.29) is 17.9 Å². The van der Waals surface area contributed by atoms with Gasteiger partial charge in [-0.15, -0.1) is 0 Å². The molecule has 0 radical (unpaired) electrons. The first-order chi connectivity index (χ1) is 14.8. The van der Waals surface area contributed by atoms with Gasteiger partial charge in [0.05, 0.1) is 6.04 Å². The number of hydrogen-bond donors (Lipinski definition) is 3. The standard InChI is InChI=1S/C22H21ClN4O4/c1-12-6-16(23)9-17(7-12)24-22(31)26-20(29)13-2-3-14-10-27(11-15(14)8-13)18-4-5-19(28)25-21(18)30/h2-3,6-9,18H,4-5,10-11H2,1H3,(H,25,28,30)(H2,24,26,29,31). The van der Waals surface area contributed by atoms with Crippen LogP contribution >= 0.6 is 11.6 Å². The molecule has 4 rings (SSSR count). The molecule has 1 atom stereocenters. The molecule has 0 saturated carbocycles. The molecule has 160 valence electrons. The van der Waals surface area contributed by atoms with Crippen LogP contribution in [0.4, 0.5) is 10.5 Å². The van der Waals surface area contributed by atoms with Crippen molar-refractivity contribution < 1.29 is 19.2 Å². The fraction of sp³-hybridized carbons (Fsp3) is 0.273. The molecular formula is C22H21ClN4O4. The van der Waals surface area contributed by atoms with Gasteiger partial charge in [0.2, 0.25) is 11.8 Å². The SMILES string of the molecule is Cc1cc(Cl)cc(NC(=O)NC(=O)c2ccc3c(c2)CN(C2CCC(=O)NC2=O)C3)c1. The van der Waals surface area contributed by atoms with Gasteiger partial charge in [0.25, 0.3) is 5.91 Å². The van der Waals surface area contributed by atoms with Crippen molar-refractivity contribution in [3.63, 3.8) is 0 Å². The first-order valence-corrected chi connectivity index (χ1v) is 10.3. The molecule has 0 spiro atoms. The normalized spacial score (nSPS) is 18.3. The highest BCUT2D eigenvalue weighted by Gasteiger charge is 2.34. The van der Waals surface area contributed by atoms with Gasteiger partial charge in [-0.2, -0.15) is 0 Å². The van der Waals surface area contributed by atoms with E-state index in [4.69, 9.17) is 11.6 Å². The number of carbonyl (C=O) groups is 4. The molecule has 2 aliphatic rings. The van der Waals surface area contributed by atoms with Crippen molar-refractivity contribution in [3.05, 3.63) is 63.7 Å². The Balaban J connectivity index is 1.39. The Labute approximate surface area is 183 Å². The average Bonchev–Trinajstić information content (AvgIpc) is 3.09. The summed E-state index contributed by atoms with van der Waals surface area (Å²) in [6.07, 6.45) is 0.799. The summed E-state index contributed by atoms with van der Waals surface area (Å²) < 4.78 is 0. The predicted octanol–water partition coefficient (Wildman–Crippen LogP) is 2.73. The van der Waals surface area contributed by atoms with E-state index < -0.39 is 11.9 Å². The number of nitrogens with one attached hydrogen (secondary N) is 3. The van der Waals surface area contributed by atoms with Crippen LogP contribution in [0.5, 0.6) is 0 Å². The molecule has 2 aromatic rings. The number of nitrogens with zero attached hydrogens (tertiary/aromatic N) is 1. The Morgan fingerprint density at radius 3 is 2.61 bits per heavy atom. The molecule has 5 amide bonds. The number of amides is 5. The second-order valence-electron chi connectivity index (χ2n) is 7.78. The lowest BCUT2D eigenvalue weighted by Gasteiger charge is -2.29. The summed E-state index contributed by atoms with van der Waals surface area (Å²) in [5.74, 6) is -1.06. The molecular weight excluding hydrogens is 420 g/mol. The van der Waals surface area contributed by atoms with Crippen LogP contribution in [0.1, 0.15) is 39.9 Å². The zero-order valence-corrected chi connectivity index (χ0v) is 17.6. The highest BCUT2D eigenvalue weighted by atomic mass is 35.5. The van der Waals surface area contributed by atoms with Crippen LogP contribution in [-0.4, -0.2) is 34.7 Å². The van der Waals surface area contributed by atoms with Crippen LogP contribution in [0.15, 0.2) is 36.4 Å². The Kier molecular flexibility index (Phi) is 5.75. The summed E-state index contributed by atoms with van der Waals surface area (Å²) in [7, 11) is 0. The van der Waals surface area contributed by atoms with E-state index in [2.05, 4.69) is 16.0 Å². The maximum atomic E-state index is 12.5. The Morgan fingerprint density at radius 1 is 1.10 bits per heavy atom. The molecule has 2 aromatic carbocycles. The van der Waals surface area contributed by atoms with E-state index in [9.17, 15) is 19.2 Å². The summed E-state index contributed by atoms with van der Waals surface area (Å²) in [6.45, 7) is 2.91. The van der Waals surface area contributed by atoms with E-state index >= 15 is 0 Å². The van der Waals surface area contributed by atoms with Gasteiger partial charge in [-0.05, 0) is 60.4 Å². The average molecular weight is 441 g/mol. The Morgan fingerprint density at radius 2 is 1.87 bits per heavy atom. The minimum Gasteiger partial charge on any atom is -0.308 e. The smallest absolute Gasteiger partial charge is 0.308 e. The van der Waals surface area contributed by atoms with E-state index in [1.165, 1.54) is 0 Å². The van der Waals surface area contributed by atoms with Crippen LogP contribution in [0.25, 0.3) is 0 Å². The molecule has 2 aliphatic heterocycles. The number of halogens is 1. The lowest BCUT2D eigenvalue weighted by Crippen LogP contribution is -2.50. The van der Waals surface area contributed by atoms with Crippen molar-refractivity contribution in [1.82, 2.24) is 15.5 Å². The van der Waals surface area contributed by atoms with Gasteiger partial charge in [0, 0.05) is 35.8 Å². The highest BCUT2D eigenvalue weighted by molar-refractivity contribution is 6.31. The number of anilines is 1. The number of rotatable bonds is 3. The third-order valence-corrected chi connectivity index (χ3v) is 5.61. The van der Waals surface area contributed by atoms with Gasteiger partial charge >= 0.3 is 6.03 Å². The van der Waals surface area contributed by atoms with Crippen LogP contribution < -0.4 is 16.0 Å². The van der Waals surface area contributed by atoms with Gasteiger partial charge in [0.15, 0.2) is 0 Å². The van der Waals surface area contributed by atoms with Crippen LogP contribution in [0.2, 0.25) is 5.02 Å². The quantitative estimate of drug-likeness (QED) is 0.636. The van der Waals surface area contributed by atoms with Crippen LogP contribution in [0.3, 0.4) is 0 Å². The highest BCUT2D eigenvalue weighted by Crippen LogP contribution is 2.28. The maximum absolute atomic E-state index is 12.5. The van der Waals surface area contributed by atoms with E-state index in [1.807, 2.05) is 17.9 Å². The largest absolute Gasteiger partial charge is 0.326 e. The Bertz CT molecular complexity index is 1080. The third-order valence-electron chi connectivity index (χ3n) is 5.39. The number of aryl methyl sites for hydroxylation is 1. The fourth-order valence-electron chi connectivity index (χ4n) is 3.96. The first kappa shape index (κ1) is 21.0. The fourth-order valence-corrected chi connectivity index (χ4v) is 4.25. The third kappa shape index (κ3) is 4.76. The molecule has 0 aliphatic carbocycles. The van der Waals surface area contributed by atoms with Crippen molar-refractivity contribution in [1.29, 1.82) is 0 Å². The van der Waals surface area contributed by atoms with Crippen molar-refractivity contribution >= 4 is 41.0 Å². The predicted molar refractivity (Wildman–Crippen MR) is 115 cm³/mol. The summed E-state index contributed by atoms with van der Waals surface area (Å²) >= 11 is 5.99. The van der Waals surface area contributed by atoms with E-state index in [1.54, 1.807) is 30.3 Å². The van der Waals surface area contributed by atoms with E-state index in [0.29, 0.717) is 42.2 Å². The maximum Gasteiger partial charge on any atom is 0.326 e. The molecule has 8 nitrogen and oxygen atoms in total. The zero-order valence-electron chi connectivity index (χ0n) is 16.8. The second-order valence-corrected chi connectivity index (χ2v) is 8.22. The number of imide groups is 2. The van der Waals surface area contributed by atoms with Gasteiger partial charge < -0.3 is 5.32 Å². The van der Waals surface area contributed by atoms with Crippen LogP contribution in [-0.2, 0) is 22.7 Å². The summed E-state index contributed by atoms with van der Waals surface area (Å²) in [5, 5.41) is 7.78. The van der Waals surface area contributed by atoms with E-state index in [0.717, 1.165) is 16.7 Å². The minimum atomic E-state index is -0.655. The van der Waals surface area contributed by atoms with Gasteiger partial charge in [0.1, 0.15) is 0 Å². The van der Waals surface area contributed by atoms with Gasteiger partial charge in [-0.3, -0.25) is 29.9 Å². The number of piperidine rings is 1. The first-order valence-electron chi connectivity index (χ1n) is 9.87. The topological polar surface area (TPSA) is 108 Å². The molecule has 2 heterocycles. The van der Waals surface area contributed by atoms with Crippen molar-refractivity contribution in [2.24, 2.45) is 0 Å². The number of fused-ring (bicyclic) bond motifs is 1. The molecule has 1 fully saturated rings. The van der Waals surface area contributed by atoms with Gasteiger partial charge in [-0.25, -0.2) is 4.79 Å². The monoisotopic (exact) mass is 440 g/mol. The second kappa shape index (κ2) is 8.49. The zero-order chi connectivity index (χ0) is 22.1. The molecule has 0 bridgehead atoms. The van der Waals surface area contributed by atoms with Crippen molar-refractivity contribution in [3.8, 4) is 0 Å². The number of hydrogen-bond acceptors (Lipinski definition) is 5. The lowest BCUT2D eigenvalue weighted by atomic mass is 10.0. The summed E-state index contributed by atoms with van der Waals surface area (Å²) in [4.78, 5) is 50.2. The van der Waals surface area contributed by atoms with Crippen LogP contribution in [0, 0.1) is 6.92 Å². The molecule has 3 N–H and O–H groups in total. The number of benzene rings is 2. The minimum absolute atomic E-state index is 0.247. The lowest BCUT2D eigenvalue weighted by molar-refractivity contribution is -0.137. The summed E-state index contributed by atoms with van der Waals surface area (Å²) in [6, 6.07) is 9.29. The molecule has 1 saturated heterocycles. The van der Waals surface area contributed by atoms with Crippen molar-refractivity contribution in [2.75, 3.05) is 5.32 Å². The molecule has 1 unspecified atom stereocenters. The molecule has 31 heavy (non-hydrogen) atoms. The molecule has 9 heteroatoms. The Hall–Kier alpha value is -3.23. The van der Waals surface area contributed by atoms with Gasteiger partial charge in [-0.1, -0.05) is 17.7 Å². The number of urea groups is 1. The van der Waals surface area contributed by atoms with Crippen molar-refractivity contribution in [2.45, 2.75) is 38.9 Å².